The molecule has 2 unspecified atom stereocenters. The van der Waals surface area contributed by atoms with Gasteiger partial charge in [0.05, 0.1) is 28.4 Å². The van der Waals surface area contributed by atoms with Crippen molar-refractivity contribution in [3.8, 4) is 23.0 Å². The third-order valence-corrected chi connectivity index (χ3v) is 5.78. The average molecular weight is 497 g/mol. The lowest BCUT2D eigenvalue weighted by Crippen LogP contribution is -2.30. The van der Waals surface area contributed by atoms with Gasteiger partial charge in [0.1, 0.15) is 12.2 Å². The van der Waals surface area contributed by atoms with E-state index in [9.17, 15) is 9.59 Å². The monoisotopic (exact) mass is 496 g/mol. The summed E-state index contributed by atoms with van der Waals surface area (Å²) in [4.78, 5) is 24.7. The predicted octanol–water partition coefficient (Wildman–Crippen LogP) is 4.85. The zero-order chi connectivity index (χ0) is 25.9. The molecule has 3 rings (SSSR count). The van der Waals surface area contributed by atoms with Gasteiger partial charge >= 0.3 is 11.9 Å². The summed E-state index contributed by atoms with van der Waals surface area (Å²) in [5.41, 5.74) is 1.56. The Balaban J connectivity index is 1.50. The topological polar surface area (TPSA) is 89.5 Å². The van der Waals surface area contributed by atoms with Crippen molar-refractivity contribution >= 4 is 24.1 Å². The summed E-state index contributed by atoms with van der Waals surface area (Å²) in [5, 5.41) is 0. The summed E-state index contributed by atoms with van der Waals surface area (Å²) in [6.45, 7) is 0. The van der Waals surface area contributed by atoms with Crippen molar-refractivity contribution < 1.29 is 38.0 Å². The minimum Gasteiger partial charge on any atom is -0.493 e. The van der Waals surface area contributed by atoms with Crippen molar-refractivity contribution in [2.75, 3.05) is 28.4 Å². The van der Waals surface area contributed by atoms with Crippen LogP contribution in [0.25, 0.3) is 12.2 Å². The van der Waals surface area contributed by atoms with Crippen LogP contribution in [0.15, 0.2) is 48.6 Å². The molecule has 36 heavy (non-hydrogen) atoms. The molecule has 0 spiro atoms. The van der Waals surface area contributed by atoms with Gasteiger partial charge in [0.2, 0.25) is 0 Å². The number of benzene rings is 2. The summed E-state index contributed by atoms with van der Waals surface area (Å²) < 4.78 is 32.2. The van der Waals surface area contributed by atoms with E-state index in [-0.39, 0.29) is 12.2 Å². The summed E-state index contributed by atoms with van der Waals surface area (Å²) in [6, 6.07) is 10.7. The van der Waals surface area contributed by atoms with E-state index < -0.39 is 11.9 Å². The van der Waals surface area contributed by atoms with Gasteiger partial charge in [0, 0.05) is 18.6 Å². The molecule has 0 saturated heterocycles. The molecule has 1 fully saturated rings. The highest BCUT2D eigenvalue weighted by Gasteiger charge is 2.26. The van der Waals surface area contributed by atoms with Gasteiger partial charge in [-0.15, -0.1) is 0 Å². The molecule has 0 heterocycles. The highest BCUT2D eigenvalue weighted by molar-refractivity contribution is 5.88. The largest absolute Gasteiger partial charge is 0.493 e. The first-order chi connectivity index (χ1) is 17.4. The Labute approximate surface area is 211 Å². The number of hydrogen-bond donors (Lipinski definition) is 0. The van der Waals surface area contributed by atoms with Gasteiger partial charge in [0.25, 0.3) is 0 Å². The first kappa shape index (κ1) is 26.7. The normalized spacial score (nSPS) is 17.6. The summed E-state index contributed by atoms with van der Waals surface area (Å²) in [6.07, 6.45) is 8.17. The molecule has 8 nitrogen and oxygen atoms in total. The molecule has 0 amide bonds. The molecule has 2 aromatic rings. The minimum atomic E-state index is -0.449. The Kier molecular flexibility index (Phi) is 9.80. The zero-order valence-corrected chi connectivity index (χ0v) is 21.0. The van der Waals surface area contributed by atoms with Crippen molar-refractivity contribution in [3.05, 3.63) is 59.7 Å². The predicted molar refractivity (Wildman–Crippen MR) is 135 cm³/mol. The van der Waals surface area contributed by atoms with Crippen LogP contribution in [0.2, 0.25) is 0 Å². The first-order valence-electron chi connectivity index (χ1n) is 11.7. The first-order valence-corrected chi connectivity index (χ1v) is 11.7. The molecule has 1 aliphatic carbocycles. The molecule has 1 saturated carbocycles. The second kappa shape index (κ2) is 13.2. The molecule has 0 aliphatic heterocycles. The maximum absolute atomic E-state index is 12.3. The van der Waals surface area contributed by atoms with Crippen molar-refractivity contribution in [3.63, 3.8) is 0 Å². The minimum absolute atomic E-state index is 0.311. The van der Waals surface area contributed by atoms with Crippen LogP contribution < -0.4 is 18.9 Å². The third kappa shape index (κ3) is 7.53. The van der Waals surface area contributed by atoms with Crippen LogP contribution in [0.4, 0.5) is 0 Å². The van der Waals surface area contributed by atoms with E-state index in [0.717, 1.165) is 30.4 Å². The molecule has 0 N–H and O–H groups in total. The molecule has 2 atom stereocenters. The van der Waals surface area contributed by atoms with Crippen molar-refractivity contribution in [1.29, 1.82) is 0 Å². The molecule has 192 valence electrons. The van der Waals surface area contributed by atoms with Crippen LogP contribution in [0.1, 0.15) is 36.8 Å². The van der Waals surface area contributed by atoms with Crippen LogP contribution in [-0.2, 0) is 19.1 Å². The Morgan fingerprint density at radius 3 is 1.47 bits per heavy atom. The lowest BCUT2D eigenvalue weighted by Gasteiger charge is -2.28. The molecule has 8 heteroatoms. The molecule has 1 aliphatic rings. The van der Waals surface area contributed by atoms with Crippen LogP contribution in [0.5, 0.6) is 23.0 Å². The number of carbonyl (C=O) groups is 2. The Bertz CT molecular complexity index is 1020. The fourth-order valence-electron chi connectivity index (χ4n) is 3.96. The number of esters is 2. The number of methoxy groups -OCH3 is 4. The van der Waals surface area contributed by atoms with Gasteiger partial charge in [-0.3, -0.25) is 0 Å². The second-order valence-electron chi connectivity index (χ2n) is 8.18. The fourth-order valence-corrected chi connectivity index (χ4v) is 3.96. The number of ether oxygens (including phenoxy) is 6. The van der Waals surface area contributed by atoms with E-state index >= 15 is 0 Å². The van der Waals surface area contributed by atoms with E-state index in [0.29, 0.717) is 29.4 Å². The van der Waals surface area contributed by atoms with Gasteiger partial charge in [0.15, 0.2) is 23.0 Å². The number of rotatable bonds is 10. The maximum atomic E-state index is 12.3. The van der Waals surface area contributed by atoms with E-state index in [4.69, 9.17) is 28.4 Å². The summed E-state index contributed by atoms with van der Waals surface area (Å²) in [5.74, 6) is 1.47. The molecule has 0 aromatic heterocycles. The lowest BCUT2D eigenvalue weighted by molar-refractivity contribution is -0.152. The zero-order valence-electron chi connectivity index (χ0n) is 21.0. The van der Waals surface area contributed by atoms with E-state index in [1.165, 1.54) is 12.2 Å². The molecular weight excluding hydrogens is 464 g/mol. The van der Waals surface area contributed by atoms with Crippen LogP contribution in [0, 0.1) is 0 Å². The van der Waals surface area contributed by atoms with Gasteiger partial charge < -0.3 is 28.4 Å². The molecule has 2 aromatic carbocycles. The molecule has 0 radical (unpaired) electrons. The maximum Gasteiger partial charge on any atom is 0.331 e. The second-order valence-corrected chi connectivity index (χ2v) is 8.18. The van der Waals surface area contributed by atoms with E-state index in [1.807, 2.05) is 12.1 Å². The highest BCUT2D eigenvalue weighted by atomic mass is 16.6. The SMILES string of the molecule is COc1ccc(/C=C\C(=O)OC2CCCC(OC(=O)/C=C/c3ccc(OC)c(OC)c3)C2)cc1OC. The molecule has 0 bridgehead atoms. The van der Waals surface area contributed by atoms with Crippen LogP contribution in [-0.4, -0.2) is 52.6 Å². The molecular formula is C28H32O8. The Hall–Kier alpha value is -3.94. The number of hydrogen-bond acceptors (Lipinski definition) is 8. The van der Waals surface area contributed by atoms with Crippen molar-refractivity contribution in [2.45, 2.75) is 37.9 Å². The van der Waals surface area contributed by atoms with Crippen LogP contribution >= 0.6 is 0 Å². The van der Waals surface area contributed by atoms with Crippen LogP contribution in [0.3, 0.4) is 0 Å². The Morgan fingerprint density at radius 1 is 0.667 bits per heavy atom. The summed E-state index contributed by atoms with van der Waals surface area (Å²) >= 11 is 0. The third-order valence-electron chi connectivity index (χ3n) is 5.78. The Morgan fingerprint density at radius 2 is 1.08 bits per heavy atom. The van der Waals surface area contributed by atoms with Gasteiger partial charge in [-0.2, -0.15) is 0 Å². The highest BCUT2D eigenvalue weighted by Crippen LogP contribution is 2.29. The van der Waals surface area contributed by atoms with E-state index in [1.54, 1.807) is 64.9 Å². The quantitative estimate of drug-likeness (QED) is 0.341. The number of carbonyl (C=O) groups excluding carboxylic acids is 2. The van der Waals surface area contributed by atoms with Gasteiger partial charge in [-0.1, -0.05) is 12.1 Å². The summed E-state index contributed by atoms with van der Waals surface area (Å²) in [7, 11) is 6.23. The standard InChI is InChI=1S/C28H32O8/c1-31-23-12-8-19(16-25(23)33-3)10-14-27(29)35-21-6-5-7-22(18-21)36-28(30)15-11-20-9-13-24(32-2)26(17-20)34-4/h8-17,21-22H,5-7,18H2,1-4H3/b14-10-,15-11+. The van der Waals surface area contributed by atoms with Gasteiger partial charge in [-0.25, -0.2) is 9.59 Å². The lowest BCUT2D eigenvalue weighted by atomic mass is 9.95. The smallest absolute Gasteiger partial charge is 0.331 e. The average Bonchev–Trinajstić information content (AvgIpc) is 2.90. The van der Waals surface area contributed by atoms with E-state index in [2.05, 4.69) is 0 Å². The van der Waals surface area contributed by atoms with Gasteiger partial charge in [-0.05, 0) is 66.8 Å². The van der Waals surface area contributed by atoms with Crippen molar-refractivity contribution in [2.24, 2.45) is 0 Å². The fraction of sp³-hybridized carbons (Fsp3) is 0.357. The van der Waals surface area contributed by atoms with Crippen molar-refractivity contribution in [1.82, 2.24) is 0 Å².